The molecule has 1 saturated carbocycles. The standard InChI is InChI=1S/C15H21N3O6S2/c1-8-6-24-7-9(2)18(8)26(22,23)11-5-10(12(16)19)13(25-11)17-14(20)15(21)3-4-15/h5,8-9,21H,3-4,6-7H2,1-2H3,(H2,16,19)(H,17,20). The van der Waals surface area contributed by atoms with Gasteiger partial charge in [0.05, 0.1) is 18.8 Å². The van der Waals surface area contributed by atoms with Crippen LogP contribution in [0.3, 0.4) is 0 Å². The molecule has 2 atom stereocenters. The van der Waals surface area contributed by atoms with E-state index in [1.54, 1.807) is 13.8 Å². The summed E-state index contributed by atoms with van der Waals surface area (Å²) in [5.41, 5.74) is 3.78. The molecule has 2 heterocycles. The lowest BCUT2D eigenvalue weighted by molar-refractivity contribution is -0.125. The molecule has 11 heteroatoms. The molecular weight excluding hydrogens is 382 g/mol. The van der Waals surface area contributed by atoms with Gasteiger partial charge in [-0.05, 0) is 32.8 Å². The average Bonchev–Trinajstić information content (AvgIpc) is 3.14. The van der Waals surface area contributed by atoms with Crippen LogP contribution in [-0.4, -0.2) is 60.5 Å². The molecule has 9 nitrogen and oxygen atoms in total. The molecule has 0 bridgehead atoms. The molecule has 2 amide bonds. The fraction of sp³-hybridized carbons (Fsp3) is 0.600. The fourth-order valence-electron chi connectivity index (χ4n) is 2.90. The Kier molecular flexibility index (Phi) is 4.86. The van der Waals surface area contributed by atoms with Gasteiger partial charge in [0.25, 0.3) is 21.8 Å². The number of carbonyl (C=O) groups is 2. The molecule has 144 valence electrons. The summed E-state index contributed by atoms with van der Waals surface area (Å²) >= 11 is 0.750. The Morgan fingerprint density at radius 2 is 1.92 bits per heavy atom. The second-order valence-corrected chi connectivity index (χ2v) is 9.85. The predicted octanol–water partition coefficient (Wildman–Crippen LogP) is 0.108. The maximum atomic E-state index is 13.1. The summed E-state index contributed by atoms with van der Waals surface area (Å²) in [4.78, 5) is 23.8. The number of nitrogens with two attached hydrogens (primary N) is 1. The Labute approximate surface area is 155 Å². The van der Waals surface area contributed by atoms with Crippen LogP contribution in [0.5, 0.6) is 0 Å². The number of hydrogen-bond donors (Lipinski definition) is 3. The van der Waals surface area contributed by atoms with Crippen molar-refractivity contribution in [2.24, 2.45) is 5.73 Å². The zero-order valence-corrected chi connectivity index (χ0v) is 16.0. The van der Waals surface area contributed by atoms with Crippen LogP contribution in [0, 0.1) is 0 Å². The fourth-order valence-corrected chi connectivity index (χ4v) is 6.17. The molecule has 1 saturated heterocycles. The van der Waals surface area contributed by atoms with Crippen molar-refractivity contribution < 1.29 is 27.9 Å². The molecule has 1 aliphatic heterocycles. The van der Waals surface area contributed by atoms with E-state index in [-0.39, 0.29) is 40.1 Å². The minimum Gasteiger partial charge on any atom is -0.380 e. The van der Waals surface area contributed by atoms with Gasteiger partial charge in [-0.2, -0.15) is 4.31 Å². The van der Waals surface area contributed by atoms with Crippen LogP contribution >= 0.6 is 11.3 Å². The molecule has 26 heavy (non-hydrogen) atoms. The normalized spacial score (nSPS) is 25.7. The van der Waals surface area contributed by atoms with E-state index in [2.05, 4.69) is 5.32 Å². The minimum absolute atomic E-state index is 0.0231. The molecule has 1 aliphatic carbocycles. The van der Waals surface area contributed by atoms with Gasteiger partial charge in [-0.15, -0.1) is 11.3 Å². The lowest BCUT2D eigenvalue weighted by Gasteiger charge is -2.37. The summed E-state index contributed by atoms with van der Waals surface area (Å²) in [6, 6.07) is 0.435. The van der Waals surface area contributed by atoms with Crippen molar-refractivity contribution in [2.45, 2.75) is 48.6 Å². The first-order valence-electron chi connectivity index (χ1n) is 8.15. The van der Waals surface area contributed by atoms with E-state index in [0.29, 0.717) is 12.8 Å². The Morgan fingerprint density at radius 3 is 2.42 bits per heavy atom. The van der Waals surface area contributed by atoms with E-state index < -0.39 is 27.4 Å². The monoisotopic (exact) mass is 403 g/mol. The van der Waals surface area contributed by atoms with Gasteiger partial charge >= 0.3 is 0 Å². The summed E-state index contributed by atoms with van der Waals surface area (Å²) in [5, 5.41) is 12.3. The quantitative estimate of drug-likeness (QED) is 0.638. The number of hydrogen-bond acceptors (Lipinski definition) is 7. The molecule has 4 N–H and O–H groups in total. The van der Waals surface area contributed by atoms with Crippen LogP contribution in [0.4, 0.5) is 5.00 Å². The molecule has 0 aromatic carbocycles. The molecule has 0 radical (unpaired) electrons. The predicted molar refractivity (Wildman–Crippen MR) is 94.4 cm³/mol. The van der Waals surface area contributed by atoms with Gasteiger partial charge in [0.15, 0.2) is 0 Å². The number of anilines is 1. The lowest BCUT2D eigenvalue weighted by atomic mass is 10.2. The Bertz CT molecular complexity index is 836. The van der Waals surface area contributed by atoms with Crippen molar-refractivity contribution in [3.8, 4) is 0 Å². The number of carbonyl (C=O) groups excluding carboxylic acids is 2. The molecule has 2 fully saturated rings. The van der Waals surface area contributed by atoms with Crippen molar-refractivity contribution in [2.75, 3.05) is 18.5 Å². The van der Waals surface area contributed by atoms with E-state index in [4.69, 9.17) is 10.5 Å². The number of amides is 2. The summed E-state index contributed by atoms with van der Waals surface area (Å²) in [6.07, 6.45) is 0.647. The maximum Gasteiger partial charge on any atom is 0.256 e. The smallest absolute Gasteiger partial charge is 0.256 e. The number of primary amides is 1. The van der Waals surface area contributed by atoms with E-state index in [0.717, 1.165) is 11.3 Å². The minimum atomic E-state index is -3.90. The molecule has 1 aromatic rings. The number of thiophene rings is 1. The summed E-state index contributed by atoms with van der Waals surface area (Å²) in [5.74, 6) is -1.53. The van der Waals surface area contributed by atoms with Crippen molar-refractivity contribution in [3.63, 3.8) is 0 Å². The first-order valence-corrected chi connectivity index (χ1v) is 10.4. The summed E-state index contributed by atoms with van der Waals surface area (Å²) in [6.45, 7) is 4.02. The number of ether oxygens (including phenoxy) is 1. The van der Waals surface area contributed by atoms with Gasteiger partial charge in [0.1, 0.15) is 14.8 Å². The first kappa shape index (κ1) is 19.2. The third-order valence-corrected chi connectivity index (χ3v) is 8.10. The van der Waals surface area contributed by atoms with Gasteiger partial charge in [0, 0.05) is 12.1 Å². The topological polar surface area (TPSA) is 139 Å². The number of morpholine rings is 1. The number of nitrogens with zero attached hydrogens (tertiary/aromatic N) is 1. The number of nitrogens with one attached hydrogen (secondary N) is 1. The van der Waals surface area contributed by atoms with E-state index in [9.17, 15) is 23.1 Å². The molecule has 3 rings (SSSR count). The van der Waals surface area contributed by atoms with Gasteiger partial charge < -0.3 is 20.9 Å². The van der Waals surface area contributed by atoms with Crippen LogP contribution in [-0.2, 0) is 19.6 Å². The highest BCUT2D eigenvalue weighted by Gasteiger charge is 2.48. The highest BCUT2D eigenvalue weighted by Crippen LogP contribution is 2.39. The highest BCUT2D eigenvalue weighted by molar-refractivity contribution is 7.91. The van der Waals surface area contributed by atoms with Gasteiger partial charge in [-0.3, -0.25) is 9.59 Å². The van der Waals surface area contributed by atoms with Gasteiger partial charge in [-0.1, -0.05) is 0 Å². The first-order chi connectivity index (χ1) is 12.1. The van der Waals surface area contributed by atoms with Crippen LogP contribution in [0.1, 0.15) is 37.0 Å². The van der Waals surface area contributed by atoms with E-state index in [1.165, 1.54) is 10.4 Å². The molecular formula is C15H21N3O6S2. The van der Waals surface area contributed by atoms with Crippen LogP contribution in [0.25, 0.3) is 0 Å². The Hall–Kier alpha value is -1.53. The van der Waals surface area contributed by atoms with Gasteiger partial charge in [-0.25, -0.2) is 8.42 Å². The average molecular weight is 403 g/mol. The van der Waals surface area contributed by atoms with Gasteiger partial charge in [0.2, 0.25) is 0 Å². The number of rotatable bonds is 5. The number of aliphatic hydroxyl groups is 1. The van der Waals surface area contributed by atoms with Crippen molar-refractivity contribution in [1.82, 2.24) is 4.31 Å². The second kappa shape index (κ2) is 6.57. The van der Waals surface area contributed by atoms with Crippen LogP contribution in [0.15, 0.2) is 10.3 Å². The second-order valence-electron chi connectivity index (χ2n) is 6.73. The molecule has 0 spiro atoms. The SMILES string of the molecule is CC1COCC(C)N1S(=O)(=O)c1cc(C(N)=O)c(NC(=O)C2(O)CC2)s1. The highest BCUT2D eigenvalue weighted by atomic mass is 32.2. The van der Waals surface area contributed by atoms with E-state index >= 15 is 0 Å². The Morgan fingerprint density at radius 1 is 1.35 bits per heavy atom. The van der Waals surface area contributed by atoms with Crippen molar-refractivity contribution in [3.05, 3.63) is 11.6 Å². The summed E-state index contributed by atoms with van der Waals surface area (Å²) < 4.78 is 32.7. The number of sulfonamides is 1. The molecule has 2 aliphatic rings. The lowest BCUT2D eigenvalue weighted by Crippen LogP contribution is -2.52. The zero-order valence-electron chi connectivity index (χ0n) is 14.4. The summed E-state index contributed by atoms with van der Waals surface area (Å²) in [7, 11) is -3.90. The largest absolute Gasteiger partial charge is 0.380 e. The third kappa shape index (κ3) is 3.37. The van der Waals surface area contributed by atoms with Crippen LogP contribution < -0.4 is 11.1 Å². The van der Waals surface area contributed by atoms with Crippen molar-refractivity contribution >= 4 is 38.2 Å². The maximum absolute atomic E-state index is 13.1. The van der Waals surface area contributed by atoms with Crippen molar-refractivity contribution in [1.29, 1.82) is 0 Å². The molecule has 2 unspecified atom stereocenters. The van der Waals surface area contributed by atoms with E-state index in [1.807, 2.05) is 0 Å². The molecule has 1 aromatic heterocycles. The van der Waals surface area contributed by atoms with Crippen LogP contribution in [0.2, 0.25) is 0 Å². The zero-order chi connectivity index (χ0) is 19.3. The third-order valence-electron chi connectivity index (χ3n) is 4.47. The Balaban J connectivity index is 1.96.